The Morgan fingerprint density at radius 2 is 1.64 bits per heavy atom. The minimum absolute atomic E-state index is 0.0983. The van der Waals surface area contributed by atoms with Gasteiger partial charge in [0.2, 0.25) is 0 Å². The lowest BCUT2D eigenvalue weighted by Gasteiger charge is -2.32. The predicted molar refractivity (Wildman–Crippen MR) is 211 cm³/mol. The molecule has 0 heterocycles. The number of rotatable bonds is 15. The van der Waals surface area contributed by atoms with Crippen molar-refractivity contribution in [3.8, 4) is 6.07 Å². The van der Waals surface area contributed by atoms with Gasteiger partial charge < -0.3 is 5.73 Å². The first-order chi connectivity index (χ1) is 22.4. The molecule has 1 aliphatic rings. The third-order valence-corrected chi connectivity index (χ3v) is 7.34. The fourth-order valence-electron chi connectivity index (χ4n) is 4.53. The van der Waals surface area contributed by atoms with E-state index in [1.807, 2.05) is 71.9 Å². The molecule has 0 aromatic heterocycles. The van der Waals surface area contributed by atoms with Crippen LogP contribution in [0.5, 0.6) is 0 Å². The maximum absolute atomic E-state index is 13.4. The van der Waals surface area contributed by atoms with Crippen molar-refractivity contribution in [1.82, 2.24) is 0 Å². The number of hydrogen-bond acceptors (Lipinski definition) is 2. The topological polar surface area (TPSA) is 49.8 Å². The Kier molecular flexibility index (Phi) is 32.2. The van der Waals surface area contributed by atoms with Crippen LogP contribution in [0.1, 0.15) is 133 Å². The van der Waals surface area contributed by atoms with Crippen LogP contribution >= 0.6 is 0 Å². The Bertz CT molecular complexity index is 1150. The molecule has 47 heavy (non-hydrogen) atoms. The van der Waals surface area contributed by atoms with E-state index in [2.05, 4.69) is 65.7 Å². The van der Waals surface area contributed by atoms with Crippen molar-refractivity contribution < 1.29 is 4.39 Å². The monoisotopic (exact) mass is 647 g/mol. The molecule has 0 bridgehead atoms. The molecule has 0 saturated heterocycles. The minimum atomic E-state index is -0.180. The molecular weight excluding hydrogens is 575 g/mol. The van der Waals surface area contributed by atoms with Gasteiger partial charge in [-0.25, -0.2) is 4.39 Å². The molecule has 0 saturated carbocycles. The highest BCUT2D eigenvalue weighted by Crippen LogP contribution is 2.42. The molecule has 2 N–H and O–H groups in total. The lowest BCUT2D eigenvalue weighted by molar-refractivity contribution is 0.521. The molecule has 0 amide bonds. The SMILES string of the molecule is C=C(C)C1=CCC(C)(C(=C)/C=C\C=C/C(C)C#N)C=C1CCCc1cccc(F)c1.C=C(C)CCCC.CC.CC.CCCCCN. The average molecular weight is 647 g/mol. The van der Waals surface area contributed by atoms with Gasteiger partial charge >= 0.3 is 0 Å². The third-order valence-electron chi connectivity index (χ3n) is 7.34. The van der Waals surface area contributed by atoms with E-state index in [0.29, 0.717) is 0 Å². The van der Waals surface area contributed by atoms with Crippen molar-refractivity contribution in [1.29, 1.82) is 5.26 Å². The second-order valence-corrected chi connectivity index (χ2v) is 11.9. The van der Waals surface area contributed by atoms with Gasteiger partial charge in [-0.15, -0.1) is 6.58 Å². The first-order valence-corrected chi connectivity index (χ1v) is 18.0. The number of unbranched alkanes of at least 4 members (excludes halogenated alkanes) is 3. The summed E-state index contributed by atoms with van der Waals surface area (Å²) >= 11 is 0. The Hall–Kier alpha value is -3.22. The molecule has 0 radical (unpaired) electrons. The minimum Gasteiger partial charge on any atom is -0.330 e. The summed E-state index contributed by atoms with van der Waals surface area (Å²) in [5.74, 6) is -0.278. The van der Waals surface area contributed by atoms with Crippen molar-refractivity contribution in [3.05, 3.63) is 120 Å². The fraction of sp³-hybridized carbons (Fsp3) is 0.523. The lowest BCUT2D eigenvalue weighted by atomic mass is 9.72. The Morgan fingerprint density at radius 1 is 1.00 bits per heavy atom. The number of nitrogens with two attached hydrogens (primary N) is 1. The third kappa shape index (κ3) is 24.6. The van der Waals surface area contributed by atoms with Gasteiger partial charge in [-0.3, -0.25) is 0 Å². The number of benzene rings is 1. The van der Waals surface area contributed by atoms with Gasteiger partial charge in [0, 0.05) is 5.41 Å². The van der Waals surface area contributed by atoms with Gasteiger partial charge in [0.05, 0.1) is 12.0 Å². The Morgan fingerprint density at radius 3 is 2.11 bits per heavy atom. The predicted octanol–water partition coefficient (Wildman–Crippen LogP) is 13.8. The lowest BCUT2D eigenvalue weighted by Crippen LogP contribution is -2.19. The number of hydrogen-bond donors (Lipinski definition) is 1. The molecule has 0 aliphatic heterocycles. The first-order valence-electron chi connectivity index (χ1n) is 18.0. The van der Waals surface area contributed by atoms with E-state index in [-0.39, 0.29) is 17.2 Å². The zero-order chi connectivity index (χ0) is 36.7. The van der Waals surface area contributed by atoms with Crippen molar-refractivity contribution in [2.45, 2.75) is 133 Å². The fourth-order valence-corrected chi connectivity index (χ4v) is 4.53. The maximum Gasteiger partial charge on any atom is 0.123 e. The number of nitrogens with zero attached hydrogens (tertiary/aromatic N) is 1. The zero-order valence-corrected chi connectivity index (χ0v) is 32.2. The number of allylic oxidation sites excluding steroid dienone is 11. The highest BCUT2D eigenvalue weighted by Gasteiger charge is 2.28. The van der Waals surface area contributed by atoms with E-state index in [9.17, 15) is 4.39 Å². The van der Waals surface area contributed by atoms with Crippen LogP contribution in [-0.4, -0.2) is 6.54 Å². The van der Waals surface area contributed by atoms with Crippen LogP contribution in [0.25, 0.3) is 0 Å². The van der Waals surface area contributed by atoms with E-state index in [4.69, 9.17) is 11.0 Å². The summed E-state index contributed by atoms with van der Waals surface area (Å²) in [6, 6.07) is 9.03. The summed E-state index contributed by atoms with van der Waals surface area (Å²) < 4.78 is 13.4. The van der Waals surface area contributed by atoms with Crippen LogP contribution in [0.3, 0.4) is 0 Å². The van der Waals surface area contributed by atoms with Gasteiger partial charge in [-0.05, 0) is 107 Å². The van der Waals surface area contributed by atoms with Gasteiger partial charge in [-0.1, -0.05) is 141 Å². The van der Waals surface area contributed by atoms with Crippen LogP contribution in [-0.2, 0) is 6.42 Å². The van der Waals surface area contributed by atoms with Gasteiger partial charge in [0.25, 0.3) is 0 Å². The normalized spacial score (nSPS) is 15.5. The van der Waals surface area contributed by atoms with Crippen LogP contribution < -0.4 is 5.73 Å². The van der Waals surface area contributed by atoms with Gasteiger partial charge in [-0.2, -0.15) is 5.26 Å². The summed E-state index contributed by atoms with van der Waals surface area (Å²) in [5.41, 5.74) is 12.0. The molecule has 2 atom stereocenters. The van der Waals surface area contributed by atoms with Crippen LogP contribution in [0.2, 0.25) is 0 Å². The highest BCUT2D eigenvalue weighted by molar-refractivity contribution is 5.50. The molecule has 264 valence electrons. The van der Waals surface area contributed by atoms with Crippen molar-refractivity contribution in [2.24, 2.45) is 17.1 Å². The summed E-state index contributed by atoms with van der Waals surface area (Å²) in [7, 11) is 0. The highest BCUT2D eigenvalue weighted by atomic mass is 19.1. The second kappa shape index (κ2) is 31.4. The van der Waals surface area contributed by atoms with E-state index in [1.165, 1.54) is 61.3 Å². The Labute approximate surface area is 291 Å². The summed E-state index contributed by atoms with van der Waals surface area (Å²) in [6.45, 7) is 33.7. The number of halogens is 1. The molecule has 2 unspecified atom stereocenters. The maximum atomic E-state index is 13.4. The van der Waals surface area contributed by atoms with Crippen LogP contribution in [0.4, 0.5) is 4.39 Å². The second-order valence-electron chi connectivity index (χ2n) is 11.9. The van der Waals surface area contributed by atoms with E-state index in [1.54, 1.807) is 12.1 Å². The van der Waals surface area contributed by atoms with E-state index in [0.717, 1.165) is 48.9 Å². The zero-order valence-electron chi connectivity index (χ0n) is 32.2. The largest absolute Gasteiger partial charge is 0.330 e. The molecule has 2 nitrogen and oxygen atoms in total. The molecule has 0 fully saturated rings. The average Bonchev–Trinajstić information content (AvgIpc) is 3.06. The van der Waals surface area contributed by atoms with Crippen molar-refractivity contribution in [2.75, 3.05) is 6.54 Å². The molecule has 0 spiro atoms. The molecule has 2 rings (SSSR count). The molecule has 1 aromatic carbocycles. The molecule has 1 aromatic rings. The number of nitriles is 1. The molecule has 1 aliphatic carbocycles. The summed E-state index contributed by atoms with van der Waals surface area (Å²) in [6.07, 6.45) is 23.5. The molecular formula is C44H71FN2. The van der Waals surface area contributed by atoms with Gasteiger partial charge in [0.1, 0.15) is 5.82 Å². The Balaban J connectivity index is -0.000000942. The standard InChI is InChI=1S/C28H32FN.C7H14.C5H13N.2C2H6/c1-21(2)27-16-17-28(5,23(4)11-7-6-10-22(3)20-30)19-25(27)14-8-12-24-13-9-15-26(29)18-24;1-4-5-6-7(2)3;1-2-3-4-5-6;2*1-2/h6-7,9-11,13,15-16,18-19,22H,1,4,8,12,14,17H2,2-3,5H3;2,4-6H2,1,3H3;2-6H2,1H3;2*1-2H3/b10-6-,11-7-;;;;. The summed E-state index contributed by atoms with van der Waals surface area (Å²) in [4.78, 5) is 0. The number of aryl methyl sites for hydroxylation is 1. The smallest absolute Gasteiger partial charge is 0.123 e. The van der Waals surface area contributed by atoms with Crippen LogP contribution in [0.15, 0.2) is 108 Å². The van der Waals surface area contributed by atoms with Crippen LogP contribution in [0, 0.1) is 28.5 Å². The van der Waals surface area contributed by atoms with Crippen molar-refractivity contribution in [3.63, 3.8) is 0 Å². The van der Waals surface area contributed by atoms with Gasteiger partial charge in [0.15, 0.2) is 0 Å². The van der Waals surface area contributed by atoms with Crippen molar-refractivity contribution >= 4 is 0 Å². The quantitative estimate of drug-likeness (QED) is 0.117. The first kappa shape index (κ1) is 48.2. The van der Waals surface area contributed by atoms with E-state index >= 15 is 0 Å². The van der Waals surface area contributed by atoms with E-state index < -0.39 is 0 Å². The summed E-state index contributed by atoms with van der Waals surface area (Å²) in [5, 5.41) is 8.86. The molecule has 3 heteroatoms.